The zero-order chi connectivity index (χ0) is 28.7. The summed E-state index contributed by atoms with van der Waals surface area (Å²) in [5.41, 5.74) is 2.37. The molecule has 0 spiro atoms. The first-order chi connectivity index (χ1) is 19.3. The average molecular weight is 582 g/mol. The van der Waals surface area contributed by atoms with Gasteiger partial charge in [0.05, 0.1) is 33.9 Å². The number of ether oxygens (including phenoxy) is 2. The average Bonchev–Trinajstić information content (AvgIpc) is 3.31. The van der Waals surface area contributed by atoms with Gasteiger partial charge in [0, 0.05) is 32.3 Å². The van der Waals surface area contributed by atoms with Gasteiger partial charge in [-0.1, -0.05) is 48.6 Å². The highest BCUT2D eigenvalue weighted by Crippen LogP contribution is 2.22. The molecule has 3 aromatic carbocycles. The van der Waals surface area contributed by atoms with Crippen LogP contribution in [0.25, 0.3) is 10.2 Å². The fourth-order valence-electron chi connectivity index (χ4n) is 4.12. The van der Waals surface area contributed by atoms with E-state index < -0.39 is 21.9 Å². The molecule has 40 heavy (non-hydrogen) atoms. The summed E-state index contributed by atoms with van der Waals surface area (Å²) >= 11 is 1.27. The van der Waals surface area contributed by atoms with Crippen molar-refractivity contribution in [3.8, 4) is 0 Å². The van der Waals surface area contributed by atoms with Gasteiger partial charge in [-0.25, -0.2) is 13.2 Å². The van der Waals surface area contributed by atoms with Crippen molar-refractivity contribution in [3.05, 3.63) is 94.3 Å². The molecule has 1 heterocycles. The third-order valence-electron chi connectivity index (χ3n) is 6.20. The van der Waals surface area contributed by atoms with E-state index in [1.165, 1.54) is 39.9 Å². The van der Waals surface area contributed by atoms with Gasteiger partial charge < -0.3 is 14.0 Å². The lowest BCUT2D eigenvalue weighted by Crippen LogP contribution is -2.30. The number of hydrogen-bond acceptors (Lipinski definition) is 7. The van der Waals surface area contributed by atoms with Crippen molar-refractivity contribution in [2.45, 2.75) is 31.8 Å². The summed E-state index contributed by atoms with van der Waals surface area (Å²) in [7, 11) is -2.17. The van der Waals surface area contributed by atoms with Crippen molar-refractivity contribution in [1.82, 2.24) is 8.87 Å². The summed E-state index contributed by atoms with van der Waals surface area (Å²) in [6.45, 7) is 5.21. The SMILES string of the molecule is CCOC(=O)c1ccc2c(c1)sc(=NC(=O)c1ccc(S(=O)(=O)N(CC)Cc3ccccc3)cc1)n2CCOC. The van der Waals surface area contributed by atoms with Crippen LogP contribution in [-0.2, 0) is 32.6 Å². The maximum absolute atomic E-state index is 13.3. The van der Waals surface area contributed by atoms with E-state index in [9.17, 15) is 18.0 Å². The van der Waals surface area contributed by atoms with Crippen LogP contribution in [0.3, 0.4) is 0 Å². The van der Waals surface area contributed by atoms with Gasteiger partial charge in [-0.2, -0.15) is 9.30 Å². The van der Waals surface area contributed by atoms with Crippen molar-refractivity contribution >= 4 is 43.5 Å². The summed E-state index contributed by atoms with van der Waals surface area (Å²) in [5, 5.41) is 0. The highest BCUT2D eigenvalue weighted by Gasteiger charge is 2.23. The number of hydrogen-bond donors (Lipinski definition) is 0. The molecule has 0 bridgehead atoms. The number of rotatable bonds is 11. The van der Waals surface area contributed by atoms with E-state index in [1.807, 2.05) is 34.9 Å². The second kappa shape index (κ2) is 13.1. The quantitative estimate of drug-likeness (QED) is 0.242. The number of esters is 1. The number of fused-ring (bicyclic) bond motifs is 1. The van der Waals surface area contributed by atoms with Crippen molar-refractivity contribution in [2.75, 3.05) is 26.9 Å². The fourth-order valence-corrected chi connectivity index (χ4v) is 6.65. The number of aromatic nitrogens is 1. The first-order valence-corrected chi connectivity index (χ1v) is 15.1. The van der Waals surface area contributed by atoms with E-state index >= 15 is 0 Å². The highest BCUT2D eigenvalue weighted by atomic mass is 32.2. The zero-order valence-corrected chi connectivity index (χ0v) is 24.2. The maximum Gasteiger partial charge on any atom is 0.338 e. The molecule has 4 rings (SSSR count). The van der Waals surface area contributed by atoms with Gasteiger partial charge in [-0.3, -0.25) is 4.79 Å². The largest absolute Gasteiger partial charge is 0.462 e. The Kier molecular flexibility index (Phi) is 9.64. The van der Waals surface area contributed by atoms with Gasteiger partial charge in [0.25, 0.3) is 5.91 Å². The first-order valence-electron chi connectivity index (χ1n) is 12.8. The Morgan fingerprint density at radius 3 is 2.33 bits per heavy atom. The summed E-state index contributed by atoms with van der Waals surface area (Å²) in [4.78, 5) is 30.2. The van der Waals surface area contributed by atoms with E-state index in [-0.39, 0.29) is 23.6 Å². The molecule has 0 atom stereocenters. The molecule has 0 aliphatic rings. The molecule has 210 valence electrons. The Morgan fingerprint density at radius 2 is 1.68 bits per heavy atom. The van der Waals surface area contributed by atoms with Crippen molar-refractivity contribution < 1.29 is 27.5 Å². The molecule has 9 nitrogen and oxygen atoms in total. The monoisotopic (exact) mass is 581 g/mol. The molecule has 0 unspecified atom stereocenters. The van der Waals surface area contributed by atoms with Gasteiger partial charge in [-0.15, -0.1) is 0 Å². The van der Waals surface area contributed by atoms with Crippen LogP contribution in [0.1, 0.15) is 40.1 Å². The summed E-state index contributed by atoms with van der Waals surface area (Å²) in [6, 6.07) is 20.4. The van der Waals surface area contributed by atoms with Gasteiger partial charge in [0.2, 0.25) is 10.0 Å². The lowest BCUT2D eigenvalue weighted by atomic mass is 10.2. The van der Waals surface area contributed by atoms with Gasteiger partial charge >= 0.3 is 5.97 Å². The second-order valence-electron chi connectivity index (χ2n) is 8.79. The fraction of sp³-hybridized carbons (Fsp3) is 0.276. The number of amides is 1. The molecule has 1 amide bonds. The summed E-state index contributed by atoms with van der Waals surface area (Å²) < 4.78 is 40.9. The lowest BCUT2D eigenvalue weighted by molar-refractivity contribution is 0.0526. The highest BCUT2D eigenvalue weighted by molar-refractivity contribution is 7.89. The van der Waals surface area contributed by atoms with Gasteiger partial charge in [0.1, 0.15) is 0 Å². The zero-order valence-electron chi connectivity index (χ0n) is 22.6. The maximum atomic E-state index is 13.3. The minimum Gasteiger partial charge on any atom is -0.462 e. The number of nitrogens with zero attached hydrogens (tertiary/aromatic N) is 3. The summed E-state index contributed by atoms with van der Waals surface area (Å²) in [5.74, 6) is -0.930. The number of sulfonamides is 1. The Hall–Kier alpha value is -3.64. The predicted molar refractivity (Wildman–Crippen MR) is 154 cm³/mol. The molecule has 0 saturated carbocycles. The Labute approximate surface area is 237 Å². The van der Waals surface area contributed by atoms with Crippen LogP contribution in [0.5, 0.6) is 0 Å². The molecule has 0 fully saturated rings. The van der Waals surface area contributed by atoms with Crippen LogP contribution in [0.15, 0.2) is 82.7 Å². The minimum absolute atomic E-state index is 0.102. The van der Waals surface area contributed by atoms with Gasteiger partial charge in [-0.05, 0) is 55.0 Å². The van der Waals surface area contributed by atoms with Crippen LogP contribution >= 0.6 is 11.3 Å². The van der Waals surface area contributed by atoms with Gasteiger partial charge in [0.15, 0.2) is 4.80 Å². The molecule has 0 saturated heterocycles. The predicted octanol–water partition coefficient (Wildman–Crippen LogP) is 4.48. The topological polar surface area (TPSA) is 107 Å². The Morgan fingerprint density at radius 1 is 0.975 bits per heavy atom. The normalized spacial score (nSPS) is 12.2. The van der Waals surface area contributed by atoms with E-state index in [1.54, 1.807) is 39.2 Å². The Balaban J connectivity index is 1.63. The molecule has 1 aromatic heterocycles. The number of carbonyl (C=O) groups excluding carboxylic acids is 2. The third-order valence-corrected chi connectivity index (χ3v) is 9.18. The standard InChI is InChI=1S/C29H31N3O6S2/c1-4-31(20-21-9-7-6-8-10-21)40(35,36)24-14-11-22(12-15-24)27(33)30-29-32(17-18-37-3)25-16-13-23(19-26(25)39-29)28(34)38-5-2/h6-16,19H,4-5,17-18,20H2,1-3H3. The van der Waals surface area contributed by atoms with Crippen LogP contribution in [0, 0.1) is 0 Å². The van der Waals surface area contributed by atoms with E-state index in [4.69, 9.17) is 9.47 Å². The van der Waals surface area contributed by atoms with E-state index in [0.717, 1.165) is 15.8 Å². The van der Waals surface area contributed by atoms with Crippen LogP contribution in [0.4, 0.5) is 0 Å². The third kappa shape index (κ3) is 6.56. The molecular formula is C29H31N3O6S2. The van der Waals surface area contributed by atoms with Crippen molar-refractivity contribution in [3.63, 3.8) is 0 Å². The van der Waals surface area contributed by atoms with E-state index in [2.05, 4.69) is 4.99 Å². The molecule has 11 heteroatoms. The second-order valence-corrected chi connectivity index (χ2v) is 11.7. The van der Waals surface area contributed by atoms with Crippen LogP contribution in [0.2, 0.25) is 0 Å². The molecular weight excluding hydrogens is 550 g/mol. The number of carbonyl (C=O) groups is 2. The lowest BCUT2D eigenvalue weighted by Gasteiger charge is -2.20. The molecule has 0 N–H and O–H groups in total. The van der Waals surface area contributed by atoms with Crippen LogP contribution < -0.4 is 4.80 Å². The first kappa shape index (κ1) is 29.3. The molecule has 0 aliphatic carbocycles. The number of thiazole rings is 1. The van der Waals surface area contributed by atoms with Crippen molar-refractivity contribution in [2.24, 2.45) is 4.99 Å². The van der Waals surface area contributed by atoms with Crippen molar-refractivity contribution in [1.29, 1.82) is 0 Å². The molecule has 0 radical (unpaired) electrons. The smallest absolute Gasteiger partial charge is 0.338 e. The molecule has 0 aliphatic heterocycles. The van der Waals surface area contributed by atoms with E-state index in [0.29, 0.717) is 30.1 Å². The molecule has 4 aromatic rings. The van der Waals surface area contributed by atoms with Crippen LogP contribution in [-0.4, -0.2) is 56.0 Å². The number of methoxy groups -OCH3 is 1. The Bertz CT molecular complexity index is 1660. The minimum atomic E-state index is -3.76. The summed E-state index contributed by atoms with van der Waals surface area (Å²) in [6.07, 6.45) is 0. The number of benzene rings is 3.